The second-order valence-electron chi connectivity index (χ2n) is 4.27. The van der Waals surface area contributed by atoms with Gasteiger partial charge in [-0.05, 0) is 36.4 Å². The molecule has 3 rings (SSSR count). The predicted octanol–water partition coefficient (Wildman–Crippen LogP) is 4.58. The molecule has 0 atom stereocenters. The van der Waals surface area contributed by atoms with Crippen LogP contribution in [0.1, 0.15) is 5.56 Å². The van der Waals surface area contributed by atoms with Crippen molar-refractivity contribution in [3.05, 3.63) is 58.1 Å². The van der Waals surface area contributed by atoms with Crippen molar-refractivity contribution in [2.45, 2.75) is 0 Å². The van der Waals surface area contributed by atoms with Crippen LogP contribution in [-0.2, 0) is 0 Å². The minimum atomic E-state index is 0.332. The normalized spacial score (nSPS) is 10.3. The number of hydrogen-bond acceptors (Lipinski definition) is 4. The van der Waals surface area contributed by atoms with E-state index in [1.807, 2.05) is 0 Å². The first kappa shape index (κ1) is 13.6. The largest absolute Gasteiger partial charge is 0.334 e. The summed E-state index contributed by atoms with van der Waals surface area (Å²) in [4.78, 5) is 4.30. The Kier molecular flexibility index (Phi) is 3.61. The van der Waals surface area contributed by atoms with Crippen LogP contribution in [0.3, 0.4) is 0 Å². The molecule has 2 aromatic carbocycles. The third-order valence-electron chi connectivity index (χ3n) is 2.79. The van der Waals surface area contributed by atoms with Crippen molar-refractivity contribution < 1.29 is 4.52 Å². The lowest BCUT2D eigenvalue weighted by atomic mass is 10.1. The summed E-state index contributed by atoms with van der Waals surface area (Å²) in [6.07, 6.45) is 0. The fourth-order valence-electron chi connectivity index (χ4n) is 1.86. The molecule has 1 heterocycles. The molecule has 0 unspecified atom stereocenters. The molecule has 0 aliphatic heterocycles. The highest BCUT2D eigenvalue weighted by atomic mass is 35.5. The van der Waals surface area contributed by atoms with Gasteiger partial charge in [-0.15, -0.1) is 0 Å². The summed E-state index contributed by atoms with van der Waals surface area (Å²) in [5, 5.41) is 13.8. The number of halogens is 2. The highest BCUT2D eigenvalue weighted by Crippen LogP contribution is 2.27. The van der Waals surface area contributed by atoms with E-state index in [1.54, 1.807) is 42.5 Å². The maximum absolute atomic E-state index is 8.91. The molecule has 21 heavy (non-hydrogen) atoms. The molecule has 0 radical (unpaired) electrons. The van der Waals surface area contributed by atoms with Crippen molar-refractivity contribution >= 4 is 23.2 Å². The minimum Gasteiger partial charge on any atom is -0.334 e. The number of benzene rings is 2. The van der Waals surface area contributed by atoms with Crippen molar-refractivity contribution in [1.29, 1.82) is 5.26 Å². The highest BCUT2D eigenvalue weighted by Gasteiger charge is 2.12. The highest BCUT2D eigenvalue weighted by molar-refractivity contribution is 6.35. The van der Waals surface area contributed by atoms with E-state index >= 15 is 0 Å². The Hall–Kier alpha value is -2.35. The van der Waals surface area contributed by atoms with Crippen molar-refractivity contribution in [1.82, 2.24) is 10.1 Å². The Morgan fingerprint density at radius 3 is 2.48 bits per heavy atom. The first-order valence-corrected chi connectivity index (χ1v) is 6.72. The first-order chi connectivity index (χ1) is 10.2. The molecule has 0 amide bonds. The number of nitrogens with zero attached hydrogens (tertiary/aromatic N) is 3. The SMILES string of the molecule is N#Cc1cccc(-c2nc(-c3cc(Cl)cc(Cl)c3)no2)c1. The Labute approximate surface area is 130 Å². The standard InChI is InChI=1S/C15H7Cl2N3O/c16-12-5-11(6-13(17)7-12)14-19-15(21-20-14)10-3-1-2-9(4-10)8-18/h1-7H. The minimum absolute atomic E-state index is 0.332. The molecule has 0 spiro atoms. The van der Waals surface area contributed by atoms with E-state index in [0.29, 0.717) is 38.5 Å². The second kappa shape index (κ2) is 5.57. The van der Waals surface area contributed by atoms with E-state index in [0.717, 1.165) is 0 Å². The predicted molar refractivity (Wildman–Crippen MR) is 79.9 cm³/mol. The zero-order valence-electron chi connectivity index (χ0n) is 10.5. The zero-order valence-corrected chi connectivity index (χ0v) is 12.1. The molecule has 1 aromatic heterocycles. The molecule has 0 aliphatic rings. The van der Waals surface area contributed by atoms with Crippen LogP contribution >= 0.6 is 23.2 Å². The average Bonchev–Trinajstić information content (AvgIpc) is 2.96. The van der Waals surface area contributed by atoms with Gasteiger partial charge in [-0.25, -0.2) is 0 Å². The smallest absolute Gasteiger partial charge is 0.258 e. The Morgan fingerprint density at radius 1 is 1.00 bits per heavy atom. The monoisotopic (exact) mass is 315 g/mol. The van der Waals surface area contributed by atoms with E-state index in [9.17, 15) is 0 Å². The third-order valence-corrected chi connectivity index (χ3v) is 3.22. The fraction of sp³-hybridized carbons (Fsp3) is 0. The maximum Gasteiger partial charge on any atom is 0.258 e. The van der Waals surface area contributed by atoms with Gasteiger partial charge in [-0.3, -0.25) is 0 Å². The van der Waals surface area contributed by atoms with Gasteiger partial charge >= 0.3 is 0 Å². The van der Waals surface area contributed by atoms with E-state index in [2.05, 4.69) is 16.2 Å². The summed E-state index contributed by atoms with van der Waals surface area (Å²) in [7, 11) is 0. The summed E-state index contributed by atoms with van der Waals surface area (Å²) in [5.41, 5.74) is 1.87. The number of aromatic nitrogens is 2. The van der Waals surface area contributed by atoms with Gasteiger partial charge in [0.1, 0.15) is 0 Å². The van der Waals surface area contributed by atoms with E-state index in [4.69, 9.17) is 33.0 Å². The molecule has 0 fully saturated rings. The van der Waals surface area contributed by atoms with Crippen molar-refractivity contribution in [3.8, 4) is 28.9 Å². The first-order valence-electron chi connectivity index (χ1n) is 5.96. The molecule has 0 N–H and O–H groups in total. The Bertz CT molecular complexity index is 832. The molecular weight excluding hydrogens is 309 g/mol. The molecule has 102 valence electrons. The number of hydrogen-bond donors (Lipinski definition) is 0. The summed E-state index contributed by atoms with van der Waals surface area (Å²) in [6, 6.07) is 14.0. The van der Waals surface area contributed by atoms with Gasteiger partial charge in [-0.1, -0.05) is 34.4 Å². The summed E-state index contributed by atoms with van der Waals surface area (Å²) < 4.78 is 5.23. The fourth-order valence-corrected chi connectivity index (χ4v) is 2.39. The van der Waals surface area contributed by atoms with E-state index in [-0.39, 0.29) is 0 Å². The average molecular weight is 316 g/mol. The van der Waals surface area contributed by atoms with Gasteiger partial charge in [0.25, 0.3) is 5.89 Å². The Morgan fingerprint density at radius 2 is 1.76 bits per heavy atom. The van der Waals surface area contributed by atoms with Gasteiger partial charge in [0.15, 0.2) is 0 Å². The topological polar surface area (TPSA) is 62.7 Å². The molecule has 0 saturated carbocycles. The second-order valence-corrected chi connectivity index (χ2v) is 5.15. The molecule has 3 aromatic rings. The maximum atomic E-state index is 8.91. The number of nitriles is 1. The Balaban J connectivity index is 2.01. The van der Waals surface area contributed by atoms with Gasteiger partial charge in [0.2, 0.25) is 5.82 Å². The van der Waals surface area contributed by atoms with Gasteiger partial charge < -0.3 is 4.52 Å². The lowest BCUT2D eigenvalue weighted by Crippen LogP contribution is -1.83. The quantitative estimate of drug-likeness (QED) is 0.694. The molecular formula is C15H7Cl2N3O. The summed E-state index contributed by atoms with van der Waals surface area (Å²) in [5.74, 6) is 0.718. The van der Waals surface area contributed by atoms with Gasteiger partial charge in [0.05, 0.1) is 11.6 Å². The van der Waals surface area contributed by atoms with Crippen molar-refractivity contribution in [3.63, 3.8) is 0 Å². The van der Waals surface area contributed by atoms with Crippen LogP contribution in [0.15, 0.2) is 47.0 Å². The lowest BCUT2D eigenvalue weighted by molar-refractivity contribution is 0.432. The molecule has 4 nitrogen and oxygen atoms in total. The van der Waals surface area contributed by atoms with E-state index < -0.39 is 0 Å². The third kappa shape index (κ3) is 2.89. The lowest BCUT2D eigenvalue weighted by Gasteiger charge is -1.97. The molecule has 0 bridgehead atoms. The van der Waals surface area contributed by atoms with Crippen LogP contribution in [0.5, 0.6) is 0 Å². The van der Waals surface area contributed by atoms with Gasteiger partial charge in [0, 0.05) is 21.2 Å². The summed E-state index contributed by atoms with van der Waals surface area (Å²) >= 11 is 11.9. The number of rotatable bonds is 2. The van der Waals surface area contributed by atoms with Gasteiger partial charge in [-0.2, -0.15) is 10.2 Å². The molecule has 6 heteroatoms. The van der Waals surface area contributed by atoms with Crippen molar-refractivity contribution in [2.24, 2.45) is 0 Å². The van der Waals surface area contributed by atoms with Crippen LogP contribution in [0.2, 0.25) is 10.0 Å². The molecule has 0 saturated heterocycles. The van der Waals surface area contributed by atoms with E-state index in [1.165, 1.54) is 0 Å². The van der Waals surface area contributed by atoms with Crippen LogP contribution in [0, 0.1) is 11.3 Å². The van der Waals surface area contributed by atoms with Crippen LogP contribution < -0.4 is 0 Å². The van der Waals surface area contributed by atoms with Crippen LogP contribution in [-0.4, -0.2) is 10.1 Å². The molecule has 0 aliphatic carbocycles. The zero-order chi connectivity index (χ0) is 14.8. The van der Waals surface area contributed by atoms with Crippen molar-refractivity contribution in [2.75, 3.05) is 0 Å². The van der Waals surface area contributed by atoms with Crippen LogP contribution in [0.25, 0.3) is 22.8 Å². The van der Waals surface area contributed by atoms with Crippen LogP contribution in [0.4, 0.5) is 0 Å². The summed E-state index contributed by atoms with van der Waals surface area (Å²) in [6.45, 7) is 0.